The van der Waals surface area contributed by atoms with Gasteiger partial charge < -0.3 is 15.2 Å². The van der Waals surface area contributed by atoms with Gasteiger partial charge in [-0.3, -0.25) is 0 Å². The van der Waals surface area contributed by atoms with Gasteiger partial charge >= 0.3 is 0 Å². The van der Waals surface area contributed by atoms with E-state index in [0.717, 1.165) is 25.7 Å². The summed E-state index contributed by atoms with van der Waals surface area (Å²) in [5.41, 5.74) is 6.46. The van der Waals surface area contributed by atoms with Crippen molar-refractivity contribution < 1.29 is 13.9 Å². The molecule has 4 heteroatoms. The number of hydrogen-bond acceptors (Lipinski definition) is 3. The maximum absolute atomic E-state index is 14.7. The highest BCUT2D eigenvalue weighted by Gasteiger charge is 2.36. The van der Waals surface area contributed by atoms with Crippen molar-refractivity contribution in [3.63, 3.8) is 0 Å². The predicted molar refractivity (Wildman–Crippen MR) is 71.2 cm³/mol. The van der Waals surface area contributed by atoms with Crippen LogP contribution in [0.3, 0.4) is 0 Å². The smallest absolute Gasteiger partial charge is 0.197 e. The Bertz CT molecular complexity index is 469. The van der Waals surface area contributed by atoms with E-state index in [0.29, 0.717) is 31.1 Å². The Hall–Kier alpha value is -1.29. The summed E-state index contributed by atoms with van der Waals surface area (Å²) in [7, 11) is 0. The number of fused-ring (bicyclic) bond motifs is 1. The fourth-order valence-electron chi connectivity index (χ4n) is 3.30. The molecular formula is C15H20FNO2. The van der Waals surface area contributed by atoms with E-state index in [2.05, 4.69) is 0 Å². The molecular weight excluding hydrogens is 245 g/mol. The average Bonchev–Trinajstić information content (AvgIpc) is 2.48. The summed E-state index contributed by atoms with van der Waals surface area (Å²) in [5.74, 6) is 0.502. The molecule has 0 amide bonds. The normalized spacial score (nSPS) is 21.2. The highest BCUT2D eigenvalue weighted by atomic mass is 19.1. The minimum absolute atomic E-state index is 0.224. The molecule has 1 aliphatic heterocycles. The van der Waals surface area contributed by atoms with Crippen molar-refractivity contribution in [2.45, 2.75) is 37.5 Å². The summed E-state index contributed by atoms with van der Waals surface area (Å²) in [6, 6.07) is 3.65. The Balaban J connectivity index is 2.04. The SMILES string of the molecule is NCC1(c2ccc3c(c2F)OCCO3)CCCCC1. The van der Waals surface area contributed by atoms with E-state index in [1.54, 1.807) is 0 Å². The largest absolute Gasteiger partial charge is 0.486 e. The molecule has 2 aliphatic rings. The third-order valence-electron chi connectivity index (χ3n) is 4.42. The van der Waals surface area contributed by atoms with Gasteiger partial charge in [0.2, 0.25) is 0 Å². The predicted octanol–water partition coefficient (Wildman–Crippen LogP) is 2.76. The van der Waals surface area contributed by atoms with Gasteiger partial charge in [0.25, 0.3) is 0 Å². The first kappa shape index (κ1) is 12.7. The standard InChI is InChI=1S/C15H20FNO2/c16-13-11(15(10-17)6-2-1-3-7-15)4-5-12-14(13)19-9-8-18-12/h4-5H,1-3,6-10,17H2. The third kappa shape index (κ3) is 2.08. The molecule has 1 heterocycles. The van der Waals surface area contributed by atoms with Gasteiger partial charge in [-0.2, -0.15) is 0 Å². The van der Waals surface area contributed by atoms with Crippen LogP contribution < -0.4 is 15.2 Å². The molecule has 1 fully saturated rings. The molecule has 0 bridgehead atoms. The van der Waals surface area contributed by atoms with Crippen molar-refractivity contribution in [2.24, 2.45) is 5.73 Å². The van der Waals surface area contributed by atoms with Crippen molar-refractivity contribution in [3.05, 3.63) is 23.5 Å². The van der Waals surface area contributed by atoms with Crippen LogP contribution in [0.1, 0.15) is 37.7 Å². The van der Waals surface area contributed by atoms with Crippen molar-refractivity contribution in [1.82, 2.24) is 0 Å². The van der Waals surface area contributed by atoms with E-state index >= 15 is 0 Å². The first-order valence-corrected chi connectivity index (χ1v) is 7.05. The summed E-state index contributed by atoms with van der Waals surface area (Å²) in [6.45, 7) is 1.38. The molecule has 104 valence electrons. The molecule has 0 atom stereocenters. The number of ether oxygens (including phenoxy) is 2. The number of nitrogens with two attached hydrogens (primary N) is 1. The van der Waals surface area contributed by atoms with Crippen molar-refractivity contribution in [3.8, 4) is 11.5 Å². The second kappa shape index (κ2) is 5.00. The van der Waals surface area contributed by atoms with E-state index in [1.807, 2.05) is 12.1 Å². The molecule has 0 radical (unpaired) electrons. The quantitative estimate of drug-likeness (QED) is 0.894. The van der Waals surface area contributed by atoms with Crippen LogP contribution >= 0.6 is 0 Å². The zero-order valence-corrected chi connectivity index (χ0v) is 11.1. The highest BCUT2D eigenvalue weighted by molar-refractivity contribution is 5.48. The van der Waals surface area contributed by atoms with Crippen LogP contribution in [0.15, 0.2) is 12.1 Å². The first-order valence-electron chi connectivity index (χ1n) is 7.05. The molecule has 2 N–H and O–H groups in total. The summed E-state index contributed by atoms with van der Waals surface area (Å²) in [5, 5.41) is 0. The van der Waals surface area contributed by atoms with Gasteiger partial charge in [-0.25, -0.2) is 4.39 Å². The molecule has 0 aromatic heterocycles. The molecule has 1 saturated carbocycles. The van der Waals surface area contributed by atoms with Crippen LogP contribution in [0, 0.1) is 5.82 Å². The molecule has 19 heavy (non-hydrogen) atoms. The van der Waals surface area contributed by atoms with Crippen LogP contribution in [0.2, 0.25) is 0 Å². The van der Waals surface area contributed by atoms with Crippen molar-refractivity contribution >= 4 is 0 Å². The lowest BCUT2D eigenvalue weighted by Crippen LogP contribution is -2.38. The summed E-state index contributed by atoms with van der Waals surface area (Å²) < 4.78 is 25.6. The Morgan fingerprint density at radius 2 is 1.84 bits per heavy atom. The number of rotatable bonds is 2. The van der Waals surface area contributed by atoms with Crippen LogP contribution in [0.4, 0.5) is 4.39 Å². The summed E-state index contributed by atoms with van der Waals surface area (Å²) >= 11 is 0. The zero-order chi connectivity index (χ0) is 13.3. The number of hydrogen-bond donors (Lipinski definition) is 1. The molecule has 1 aromatic rings. The van der Waals surface area contributed by atoms with E-state index < -0.39 is 0 Å². The topological polar surface area (TPSA) is 44.5 Å². The number of benzene rings is 1. The lowest BCUT2D eigenvalue weighted by molar-refractivity contribution is 0.162. The molecule has 3 rings (SSSR count). The van der Waals surface area contributed by atoms with Gasteiger partial charge in [0.1, 0.15) is 13.2 Å². The van der Waals surface area contributed by atoms with Gasteiger partial charge in [-0.15, -0.1) is 0 Å². The summed E-state index contributed by atoms with van der Waals surface area (Å²) in [4.78, 5) is 0. The second-order valence-electron chi connectivity index (χ2n) is 5.50. The number of halogens is 1. The molecule has 1 aliphatic carbocycles. The molecule has 1 aromatic carbocycles. The Morgan fingerprint density at radius 3 is 2.58 bits per heavy atom. The van der Waals surface area contributed by atoms with Crippen LogP contribution in [0.5, 0.6) is 11.5 Å². The fraction of sp³-hybridized carbons (Fsp3) is 0.600. The fourth-order valence-corrected chi connectivity index (χ4v) is 3.30. The van der Waals surface area contributed by atoms with Gasteiger partial charge in [0.05, 0.1) is 0 Å². The highest BCUT2D eigenvalue weighted by Crippen LogP contribution is 2.44. The van der Waals surface area contributed by atoms with Crippen LogP contribution in [0.25, 0.3) is 0 Å². The maximum Gasteiger partial charge on any atom is 0.197 e. The minimum atomic E-state index is -0.274. The lowest BCUT2D eigenvalue weighted by Gasteiger charge is -2.37. The first-order chi connectivity index (χ1) is 9.27. The van der Waals surface area contributed by atoms with E-state index in [1.165, 1.54) is 6.42 Å². The molecule has 0 spiro atoms. The van der Waals surface area contributed by atoms with Crippen LogP contribution in [-0.2, 0) is 5.41 Å². The molecule has 0 unspecified atom stereocenters. The molecule has 3 nitrogen and oxygen atoms in total. The van der Waals surface area contributed by atoms with Gasteiger partial charge in [-0.1, -0.05) is 25.3 Å². The van der Waals surface area contributed by atoms with Crippen LogP contribution in [-0.4, -0.2) is 19.8 Å². The third-order valence-corrected chi connectivity index (χ3v) is 4.42. The van der Waals surface area contributed by atoms with Gasteiger partial charge in [0.15, 0.2) is 17.3 Å². The van der Waals surface area contributed by atoms with Gasteiger partial charge in [0, 0.05) is 12.0 Å². The summed E-state index contributed by atoms with van der Waals surface area (Å²) in [6.07, 6.45) is 5.37. The van der Waals surface area contributed by atoms with E-state index in [9.17, 15) is 4.39 Å². The Labute approximate surface area is 112 Å². The average molecular weight is 265 g/mol. The molecule has 0 saturated heterocycles. The van der Waals surface area contributed by atoms with Crippen molar-refractivity contribution in [2.75, 3.05) is 19.8 Å². The van der Waals surface area contributed by atoms with E-state index in [-0.39, 0.29) is 17.0 Å². The van der Waals surface area contributed by atoms with Gasteiger partial charge in [-0.05, 0) is 24.5 Å². The second-order valence-corrected chi connectivity index (χ2v) is 5.50. The Morgan fingerprint density at radius 1 is 1.11 bits per heavy atom. The monoisotopic (exact) mass is 265 g/mol. The lowest BCUT2D eigenvalue weighted by atomic mass is 9.69. The zero-order valence-electron chi connectivity index (χ0n) is 11.1. The minimum Gasteiger partial charge on any atom is -0.486 e. The Kier molecular flexibility index (Phi) is 3.35. The maximum atomic E-state index is 14.7. The van der Waals surface area contributed by atoms with Crippen molar-refractivity contribution in [1.29, 1.82) is 0 Å². The van der Waals surface area contributed by atoms with E-state index in [4.69, 9.17) is 15.2 Å².